The van der Waals surface area contributed by atoms with Crippen LogP contribution < -0.4 is 9.47 Å². The minimum atomic E-state index is 0. The molecule has 0 amide bonds. The first-order valence-electron chi connectivity index (χ1n) is 6.90. The maximum Gasteiger partial charge on any atom is 0.163 e. The average molecular weight is 337 g/mol. The van der Waals surface area contributed by atoms with Crippen molar-refractivity contribution in [1.29, 1.82) is 0 Å². The molecule has 1 aromatic carbocycles. The van der Waals surface area contributed by atoms with Gasteiger partial charge in [-0.1, -0.05) is 0 Å². The molecule has 0 unspecified atom stereocenters. The molecule has 3 aromatic rings. The minimum absolute atomic E-state index is 0. The maximum absolute atomic E-state index is 5.64. The highest BCUT2D eigenvalue weighted by Gasteiger charge is 2.10. The molecule has 0 aliphatic rings. The van der Waals surface area contributed by atoms with Crippen LogP contribution >= 0.6 is 23.7 Å². The fourth-order valence-corrected chi connectivity index (χ4v) is 2.76. The van der Waals surface area contributed by atoms with Gasteiger partial charge in [0, 0.05) is 23.1 Å². The monoisotopic (exact) mass is 336 g/mol. The maximum atomic E-state index is 5.64. The van der Waals surface area contributed by atoms with Gasteiger partial charge >= 0.3 is 0 Å². The Bertz CT molecular complexity index is 747. The summed E-state index contributed by atoms with van der Waals surface area (Å²) in [5.41, 5.74) is 3.57. The molecule has 0 saturated heterocycles. The summed E-state index contributed by atoms with van der Waals surface area (Å²) in [4.78, 5) is 9.16. The SMILES string of the molecule is CCOc1cc2ncc(-c3ccsc3)nc2cc1OCC.Cl. The molecule has 116 valence electrons. The lowest BCUT2D eigenvalue weighted by Crippen LogP contribution is -1.99. The number of aromatic nitrogens is 2. The summed E-state index contributed by atoms with van der Waals surface area (Å²) in [6, 6.07) is 5.82. The van der Waals surface area contributed by atoms with Crippen LogP contribution in [0.2, 0.25) is 0 Å². The highest BCUT2D eigenvalue weighted by molar-refractivity contribution is 7.08. The topological polar surface area (TPSA) is 44.2 Å². The van der Waals surface area contributed by atoms with Gasteiger partial charge in [-0.15, -0.1) is 12.4 Å². The van der Waals surface area contributed by atoms with Crippen molar-refractivity contribution in [3.8, 4) is 22.8 Å². The molecular formula is C16H17ClN2O2S. The Morgan fingerprint density at radius 2 is 1.73 bits per heavy atom. The number of hydrogen-bond acceptors (Lipinski definition) is 5. The van der Waals surface area contributed by atoms with E-state index in [0.29, 0.717) is 24.7 Å². The summed E-state index contributed by atoms with van der Waals surface area (Å²) >= 11 is 1.65. The molecule has 0 fully saturated rings. The van der Waals surface area contributed by atoms with Gasteiger partial charge in [0.2, 0.25) is 0 Å². The summed E-state index contributed by atoms with van der Waals surface area (Å²) in [6.45, 7) is 5.08. The Morgan fingerprint density at radius 1 is 1.05 bits per heavy atom. The van der Waals surface area contributed by atoms with E-state index in [1.54, 1.807) is 17.5 Å². The molecule has 0 spiro atoms. The van der Waals surface area contributed by atoms with E-state index in [-0.39, 0.29) is 12.4 Å². The molecule has 0 N–H and O–H groups in total. The van der Waals surface area contributed by atoms with Gasteiger partial charge in [0.25, 0.3) is 0 Å². The van der Waals surface area contributed by atoms with Gasteiger partial charge in [-0.25, -0.2) is 4.98 Å². The minimum Gasteiger partial charge on any atom is -0.490 e. The number of ether oxygens (including phenoxy) is 2. The van der Waals surface area contributed by atoms with E-state index in [2.05, 4.69) is 15.3 Å². The second-order valence-corrected chi connectivity index (χ2v) is 5.20. The third-order valence-corrected chi connectivity index (χ3v) is 3.71. The second-order valence-electron chi connectivity index (χ2n) is 4.42. The highest BCUT2D eigenvalue weighted by Crippen LogP contribution is 2.32. The summed E-state index contributed by atoms with van der Waals surface area (Å²) in [7, 11) is 0. The van der Waals surface area contributed by atoms with Crippen molar-refractivity contribution < 1.29 is 9.47 Å². The van der Waals surface area contributed by atoms with Crippen molar-refractivity contribution >= 4 is 34.8 Å². The molecule has 0 saturated carbocycles. The van der Waals surface area contributed by atoms with Gasteiger partial charge < -0.3 is 9.47 Å². The van der Waals surface area contributed by atoms with E-state index >= 15 is 0 Å². The standard InChI is InChI=1S/C16H16N2O2S.ClH/c1-3-19-15-7-12-13(8-16(15)20-4-2)18-14(9-17-12)11-5-6-21-10-11;/h5-10H,3-4H2,1-2H3;1H. The Balaban J connectivity index is 0.00000176. The number of hydrogen-bond donors (Lipinski definition) is 0. The van der Waals surface area contributed by atoms with Gasteiger partial charge in [0.1, 0.15) is 0 Å². The number of rotatable bonds is 5. The van der Waals surface area contributed by atoms with Crippen molar-refractivity contribution in [3.63, 3.8) is 0 Å². The van der Waals surface area contributed by atoms with Crippen LogP contribution in [0.4, 0.5) is 0 Å². The molecule has 4 nitrogen and oxygen atoms in total. The van der Waals surface area contributed by atoms with E-state index in [4.69, 9.17) is 9.47 Å². The number of benzene rings is 1. The third-order valence-electron chi connectivity index (χ3n) is 3.02. The molecule has 2 aromatic heterocycles. The molecule has 22 heavy (non-hydrogen) atoms. The average Bonchev–Trinajstić information content (AvgIpc) is 3.02. The molecule has 0 atom stereocenters. The molecular weight excluding hydrogens is 320 g/mol. The Kier molecular flexibility index (Phi) is 5.57. The van der Waals surface area contributed by atoms with Gasteiger partial charge in [-0.3, -0.25) is 4.98 Å². The van der Waals surface area contributed by atoms with Crippen molar-refractivity contribution in [1.82, 2.24) is 9.97 Å². The predicted molar refractivity (Wildman–Crippen MR) is 92.4 cm³/mol. The van der Waals surface area contributed by atoms with E-state index in [0.717, 1.165) is 22.3 Å². The normalized spacial score (nSPS) is 10.3. The first-order valence-corrected chi connectivity index (χ1v) is 7.85. The molecule has 0 bridgehead atoms. The molecule has 3 rings (SSSR count). The van der Waals surface area contributed by atoms with Crippen LogP contribution in [0.3, 0.4) is 0 Å². The number of thiophene rings is 1. The number of fused-ring (bicyclic) bond motifs is 1. The van der Waals surface area contributed by atoms with E-state index < -0.39 is 0 Å². The summed E-state index contributed by atoms with van der Waals surface area (Å²) < 4.78 is 11.2. The number of halogens is 1. The zero-order chi connectivity index (χ0) is 14.7. The largest absolute Gasteiger partial charge is 0.490 e. The Labute approximate surface area is 139 Å². The lowest BCUT2D eigenvalue weighted by molar-refractivity contribution is 0.288. The van der Waals surface area contributed by atoms with Crippen molar-refractivity contribution in [2.24, 2.45) is 0 Å². The molecule has 0 radical (unpaired) electrons. The van der Waals surface area contributed by atoms with Gasteiger partial charge in [-0.05, 0) is 25.3 Å². The van der Waals surface area contributed by atoms with Crippen molar-refractivity contribution in [2.45, 2.75) is 13.8 Å². The van der Waals surface area contributed by atoms with E-state index in [1.165, 1.54) is 0 Å². The first kappa shape index (κ1) is 16.5. The van der Waals surface area contributed by atoms with E-state index in [1.807, 2.05) is 37.4 Å². The molecule has 2 heterocycles. The molecule has 0 aliphatic carbocycles. The Morgan fingerprint density at radius 3 is 2.32 bits per heavy atom. The predicted octanol–water partition coefficient (Wildman–Crippen LogP) is 4.58. The van der Waals surface area contributed by atoms with Crippen LogP contribution in [-0.4, -0.2) is 23.2 Å². The zero-order valence-corrected chi connectivity index (χ0v) is 14.0. The quantitative estimate of drug-likeness (QED) is 0.684. The van der Waals surface area contributed by atoms with Gasteiger partial charge in [0.15, 0.2) is 11.5 Å². The molecule has 0 aliphatic heterocycles. The van der Waals surface area contributed by atoms with E-state index in [9.17, 15) is 0 Å². The zero-order valence-electron chi connectivity index (χ0n) is 12.4. The lowest BCUT2D eigenvalue weighted by Gasteiger charge is -2.11. The van der Waals surface area contributed by atoms with Crippen LogP contribution in [-0.2, 0) is 0 Å². The van der Waals surface area contributed by atoms with Crippen LogP contribution in [0.1, 0.15) is 13.8 Å². The fourth-order valence-electron chi connectivity index (χ4n) is 2.11. The van der Waals surface area contributed by atoms with Crippen LogP contribution in [0.25, 0.3) is 22.3 Å². The lowest BCUT2D eigenvalue weighted by atomic mass is 10.2. The highest BCUT2D eigenvalue weighted by atomic mass is 35.5. The van der Waals surface area contributed by atoms with Crippen molar-refractivity contribution in [2.75, 3.05) is 13.2 Å². The van der Waals surface area contributed by atoms with Crippen LogP contribution in [0, 0.1) is 0 Å². The third kappa shape index (κ3) is 3.31. The summed E-state index contributed by atoms with van der Waals surface area (Å²) in [5.74, 6) is 1.42. The Hall–Kier alpha value is -1.85. The second kappa shape index (κ2) is 7.42. The summed E-state index contributed by atoms with van der Waals surface area (Å²) in [6.07, 6.45) is 1.79. The van der Waals surface area contributed by atoms with Crippen LogP contribution in [0.15, 0.2) is 35.2 Å². The number of nitrogens with zero attached hydrogens (tertiary/aromatic N) is 2. The fraction of sp³-hybridized carbons (Fsp3) is 0.250. The van der Waals surface area contributed by atoms with Gasteiger partial charge in [-0.2, -0.15) is 11.3 Å². The van der Waals surface area contributed by atoms with Gasteiger partial charge in [0.05, 0.1) is 36.1 Å². The molecule has 6 heteroatoms. The smallest absolute Gasteiger partial charge is 0.163 e. The van der Waals surface area contributed by atoms with Crippen LogP contribution in [0.5, 0.6) is 11.5 Å². The first-order chi connectivity index (χ1) is 10.3. The van der Waals surface area contributed by atoms with Crippen molar-refractivity contribution in [3.05, 3.63) is 35.2 Å². The summed E-state index contributed by atoms with van der Waals surface area (Å²) in [5, 5.41) is 4.10.